The van der Waals surface area contributed by atoms with E-state index in [4.69, 9.17) is 14.2 Å². The van der Waals surface area contributed by atoms with Crippen molar-refractivity contribution in [3.63, 3.8) is 0 Å². The van der Waals surface area contributed by atoms with Crippen molar-refractivity contribution in [3.8, 4) is 0 Å². The quantitative estimate of drug-likeness (QED) is 0.0343. The van der Waals surface area contributed by atoms with Gasteiger partial charge in [0.05, 0.1) is 0 Å². The minimum atomic E-state index is -0.763. The van der Waals surface area contributed by atoms with Crippen LogP contribution in [0.5, 0.6) is 0 Å². The average molecular weight is 1130 g/mol. The zero-order valence-corrected chi connectivity index (χ0v) is 54.9. The monoisotopic (exact) mass is 1130 g/mol. The first-order valence-electron chi connectivity index (χ1n) is 37.0. The number of carbonyl (C=O) groups is 3. The van der Waals surface area contributed by atoms with Gasteiger partial charge in [-0.25, -0.2) is 0 Å². The van der Waals surface area contributed by atoms with Crippen LogP contribution in [0, 0.1) is 0 Å². The zero-order chi connectivity index (χ0) is 57.8. The molecule has 0 N–H and O–H groups in total. The molecule has 0 heterocycles. The summed E-state index contributed by atoms with van der Waals surface area (Å²) < 4.78 is 17.0. The van der Waals surface area contributed by atoms with E-state index in [9.17, 15) is 14.4 Å². The Balaban J connectivity index is 4.14. The summed E-state index contributed by atoms with van der Waals surface area (Å²) in [6, 6.07) is 0. The summed E-state index contributed by atoms with van der Waals surface area (Å²) in [7, 11) is 0. The topological polar surface area (TPSA) is 78.9 Å². The molecule has 0 bridgehead atoms. The van der Waals surface area contributed by atoms with Crippen molar-refractivity contribution in [3.05, 3.63) is 0 Å². The van der Waals surface area contributed by atoms with Gasteiger partial charge in [0.25, 0.3) is 0 Å². The molecule has 0 rings (SSSR count). The van der Waals surface area contributed by atoms with Gasteiger partial charge in [-0.05, 0) is 19.3 Å². The molecule has 6 heteroatoms. The molecule has 1 unspecified atom stereocenters. The third-order valence-corrected chi connectivity index (χ3v) is 17.4. The molecule has 0 aromatic carbocycles. The molecule has 0 radical (unpaired) electrons. The number of unbranched alkanes of at least 4 members (excludes halogenated alkanes) is 59. The van der Waals surface area contributed by atoms with Crippen molar-refractivity contribution >= 4 is 17.9 Å². The van der Waals surface area contributed by atoms with Crippen LogP contribution in [0.2, 0.25) is 0 Å². The molecule has 0 saturated carbocycles. The van der Waals surface area contributed by atoms with Crippen molar-refractivity contribution in [2.75, 3.05) is 13.2 Å². The first-order chi connectivity index (χ1) is 39.5. The van der Waals surface area contributed by atoms with E-state index in [-0.39, 0.29) is 31.1 Å². The van der Waals surface area contributed by atoms with Crippen LogP contribution in [0.3, 0.4) is 0 Å². The lowest BCUT2D eigenvalue weighted by Gasteiger charge is -2.18. The molecule has 0 saturated heterocycles. The second-order valence-electron chi connectivity index (χ2n) is 25.6. The fourth-order valence-corrected chi connectivity index (χ4v) is 11.8. The third kappa shape index (κ3) is 67.2. The minimum Gasteiger partial charge on any atom is -0.462 e. The van der Waals surface area contributed by atoms with Crippen molar-refractivity contribution in [1.29, 1.82) is 0 Å². The highest BCUT2D eigenvalue weighted by atomic mass is 16.6. The summed E-state index contributed by atoms with van der Waals surface area (Å²) in [6.07, 6.45) is 83.0. The molecule has 0 amide bonds. The second-order valence-corrected chi connectivity index (χ2v) is 25.6. The number of esters is 3. The van der Waals surface area contributed by atoms with Crippen molar-refractivity contribution < 1.29 is 28.6 Å². The summed E-state index contributed by atoms with van der Waals surface area (Å²) in [6.45, 7) is 6.74. The van der Waals surface area contributed by atoms with Gasteiger partial charge in [0.1, 0.15) is 13.2 Å². The number of rotatable bonds is 70. The average Bonchev–Trinajstić information content (AvgIpc) is 3.46. The summed E-state index contributed by atoms with van der Waals surface area (Å²) in [5.74, 6) is -0.819. The maximum Gasteiger partial charge on any atom is 0.306 e. The molecule has 6 nitrogen and oxygen atoms in total. The predicted octanol–water partition coefficient (Wildman–Crippen LogP) is 25.4. The van der Waals surface area contributed by atoms with Crippen LogP contribution < -0.4 is 0 Å². The Bertz CT molecular complexity index is 1200. The van der Waals surface area contributed by atoms with Crippen LogP contribution in [0.4, 0.5) is 0 Å². The van der Waals surface area contributed by atoms with E-state index in [1.165, 1.54) is 340 Å². The lowest BCUT2D eigenvalue weighted by Crippen LogP contribution is -2.30. The SMILES string of the molecule is CCCCCCCCCCCCCCCCCCCCCCCCCCCCCC(=O)OCC(COC(=O)CCCCCCCCCCCCCC)OC(=O)CCCCCCCCCCCCCCCCCCCCCCCCC. The number of carbonyl (C=O) groups excluding carboxylic acids is 3. The highest BCUT2D eigenvalue weighted by Gasteiger charge is 2.20. The first-order valence-corrected chi connectivity index (χ1v) is 37.0. The van der Waals surface area contributed by atoms with Crippen molar-refractivity contribution in [2.24, 2.45) is 0 Å². The molecule has 0 aromatic heterocycles. The van der Waals surface area contributed by atoms with Gasteiger partial charge in [-0.15, -0.1) is 0 Å². The van der Waals surface area contributed by atoms with E-state index in [1.807, 2.05) is 0 Å². The largest absolute Gasteiger partial charge is 0.462 e. The van der Waals surface area contributed by atoms with E-state index in [0.29, 0.717) is 19.3 Å². The van der Waals surface area contributed by atoms with Crippen LogP contribution in [0.15, 0.2) is 0 Å². The van der Waals surface area contributed by atoms with Gasteiger partial charge in [0, 0.05) is 19.3 Å². The number of hydrogen-bond donors (Lipinski definition) is 0. The summed E-state index contributed by atoms with van der Waals surface area (Å²) in [5.41, 5.74) is 0. The molecule has 0 aliphatic rings. The van der Waals surface area contributed by atoms with Gasteiger partial charge in [-0.2, -0.15) is 0 Å². The molecule has 0 aromatic rings. The molecule has 0 fully saturated rings. The fraction of sp³-hybridized carbons (Fsp3) is 0.959. The van der Waals surface area contributed by atoms with E-state index in [1.54, 1.807) is 0 Å². The van der Waals surface area contributed by atoms with E-state index >= 15 is 0 Å². The summed E-state index contributed by atoms with van der Waals surface area (Å²) >= 11 is 0. The van der Waals surface area contributed by atoms with Gasteiger partial charge in [0.2, 0.25) is 0 Å². The van der Waals surface area contributed by atoms with Gasteiger partial charge in [0.15, 0.2) is 6.10 Å². The Kier molecular flexibility index (Phi) is 68.5. The van der Waals surface area contributed by atoms with Crippen molar-refractivity contribution in [2.45, 2.75) is 444 Å². The van der Waals surface area contributed by atoms with E-state index in [0.717, 1.165) is 57.8 Å². The summed E-state index contributed by atoms with van der Waals surface area (Å²) in [5, 5.41) is 0. The minimum absolute atomic E-state index is 0.0602. The van der Waals surface area contributed by atoms with E-state index < -0.39 is 6.10 Å². The zero-order valence-electron chi connectivity index (χ0n) is 54.9. The van der Waals surface area contributed by atoms with Crippen LogP contribution >= 0.6 is 0 Å². The maximum atomic E-state index is 13.0. The number of ether oxygens (including phenoxy) is 3. The van der Waals surface area contributed by atoms with Crippen molar-refractivity contribution in [1.82, 2.24) is 0 Å². The molecular formula is C74H144O6. The lowest BCUT2D eigenvalue weighted by molar-refractivity contribution is -0.167. The molecule has 0 aliphatic carbocycles. The van der Waals surface area contributed by atoms with Gasteiger partial charge in [-0.1, -0.05) is 400 Å². The number of hydrogen-bond acceptors (Lipinski definition) is 6. The van der Waals surface area contributed by atoms with Crippen LogP contribution in [0.25, 0.3) is 0 Å². The molecule has 476 valence electrons. The molecule has 80 heavy (non-hydrogen) atoms. The highest BCUT2D eigenvalue weighted by molar-refractivity contribution is 5.71. The third-order valence-electron chi connectivity index (χ3n) is 17.4. The smallest absolute Gasteiger partial charge is 0.306 e. The molecule has 0 spiro atoms. The van der Waals surface area contributed by atoms with Crippen LogP contribution in [-0.4, -0.2) is 37.2 Å². The molecule has 1 atom stereocenters. The predicted molar refractivity (Wildman–Crippen MR) is 349 cm³/mol. The van der Waals surface area contributed by atoms with E-state index in [2.05, 4.69) is 20.8 Å². The molecular weight excluding hydrogens is 985 g/mol. The Labute approximate surface area is 501 Å². The van der Waals surface area contributed by atoms with Gasteiger partial charge >= 0.3 is 17.9 Å². The Morgan fingerprint density at radius 1 is 0.200 bits per heavy atom. The maximum absolute atomic E-state index is 13.0. The highest BCUT2D eigenvalue weighted by Crippen LogP contribution is 2.20. The lowest BCUT2D eigenvalue weighted by atomic mass is 10.0. The molecule has 0 aliphatic heterocycles. The van der Waals surface area contributed by atoms with Crippen LogP contribution in [-0.2, 0) is 28.6 Å². The van der Waals surface area contributed by atoms with Crippen LogP contribution in [0.1, 0.15) is 438 Å². The first kappa shape index (κ1) is 78.4. The Morgan fingerprint density at radius 2 is 0.338 bits per heavy atom. The van der Waals surface area contributed by atoms with Gasteiger partial charge in [-0.3, -0.25) is 14.4 Å². The normalized spacial score (nSPS) is 11.9. The summed E-state index contributed by atoms with van der Waals surface area (Å²) in [4.78, 5) is 38.4. The second kappa shape index (κ2) is 69.9. The Hall–Kier alpha value is -1.59. The van der Waals surface area contributed by atoms with Gasteiger partial charge < -0.3 is 14.2 Å². The fourth-order valence-electron chi connectivity index (χ4n) is 11.8. The standard InChI is InChI=1S/C74H144O6/c1-4-7-10-13-16-19-22-25-27-29-31-33-35-36-37-38-40-41-43-45-47-49-52-55-58-61-64-67-73(76)79-70-71(69-78-72(75)66-63-60-57-54-51-24-21-18-15-12-9-6-3)80-74(77)68-65-62-59-56-53-50-48-46-44-42-39-34-32-30-28-26-23-20-17-14-11-8-5-2/h71H,4-70H2,1-3H3. The Morgan fingerprint density at radius 3 is 0.500 bits per heavy atom.